The zero-order valence-electron chi connectivity index (χ0n) is 12.1. The highest BCUT2D eigenvalue weighted by atomic mass is 127. The van der Waals surface area contributed by atoms with Crippen molar-refractivity contribution >= 4 is 34.0 Å². The van der Waals surface area contributed by atoms with Crippen LogP contribution in [0, 0.1) is 13.7 Å². The zero-order chi connectivity index (χ0) is 15.7. The van der Waals surface area contributed by atoms with Crippen LogP contribution in [-0.2, 0) is 19.4 Å². The van der Waals surface area contributed by atoms with Gasteiger partial charge in [-0.05, 0) is 46.7 Å². The third kappa shape index (κ3) is 2.90. The Morgan fingerprint density at radius 3 is 3.00 bits per heavy atom. The van der Waals surface area contributed by atoms with E-state index in [0.29, 0.717) is 12.2 Å². The summed E-state index contributed by atoms with van der Waals surface area (Å²) in [4.78, 5) is 21.9. The first kappa shape index (κ1) is 15.1. The van der Waals surface area contributed by atoms with E-state index < -0.39 is 0 Å². The second kappa shape index (κ2) is 6.15. The largest absolute Gasteiger partial charge is 0.360 e. The van der Waals surface area contributed by atoms with Gasteiger partial charge in [0.05, 0.1) is 17.2 Å². The molecule has 7 heteroatoms. The van der Waals surface area contributed by atoms with Crippen LogP contribution < -0.4 is 4.90 Å². The number of aryl methyl sites for hydroxylation is 1. The first-order valence-electron chi connectivity index (χ1n) is 7.11. The van der Waals surface area contributed by atoms with Crippen LogP contribution in [0.25, 0.3) is 0 Å². The molecule has 0 radical (unpaired) electrons. The first-order valence-corrected chi connectivity index (χ1v) is 8.19. The number of hydrogen-bond donors (Lipinski definition) is 0. The molecule has 0 aliphatic carbocycles. The monoisotopic (exact) mass is 410 g/mol. The molecule has 2 aromatic rings. The minimum atomic E-state index is -0.315. The molecule has 1 aromatic heterocycles. The molecule has 6 nitrogen and oxygen atoms in total. The Kier molecular flexibility index (Phi) is 4.23. The smallest absolute Gasteiger partial charge is 0.293 e. The van der Waals surface area contributed by atoms with Crippen LogP contribution in [-0.4, -0.2) is 21.4 Å². The van der Waals surface area contributed by atoms with E-state index in [-0.39, 0.29) is 10.6 Å². The number of hydrogen-bond acceptors (Lipinski definition) is 5. The molecule has 0 bridgehead atoms. The van der Waals surface area contributed by atoms with Gasteiger partial charge in [0.1, 0.15) is 11.5 Å². The van der Waals surface area contributed by atoms with Gasteiger partial charge in [0.2, 0.25) is 0 Å². The number of nitrogens with zero attached hydrogens (tertiary/aromatic N) is 4. The van der Waals surface area contributed by atoms with E-state index in [4.69, 9.17) is 0 Å². The van der Waals surface area contributed by atoms with Gasteiger partial charge in [-0.2, -0.15) is 0 Å². The highest BCUT2D eigenvalue weighted by Gasteiger charge is 2.24. The predicted octanol–water partition coefficient (Wildman–Crippen LogP) is 3.11. The zero-order valence-corrected chi connectivity index (χ0v) is 14.3. The summed E-state index contributed by atoms with van der Waals surface area (Å²) in [6, 6.07) is 5.34. The molecule has 0 amide bonds. The van der Waals surface area contributed by atoms with Crippen LogP contribution >= 0.6 is 22.6 Å². The lowest BCUT2D eigenvalue weighted by Gasteiger charge is -2.29. The van der Waals surface area contributed by atoms with Crippen LogP contribution in [0.5, 0.6) is 0 Å². The molecule has 2 heterocycles. The fourth-order valence-electron chi connectivity index (χ4n) is 2.63. The molecule has 1 aliphatic rings. The fraction of sp³-hybridized carbons (Fsp3) is 0.333. The molecule has 0 saturated carbocycles. The Morgan fingerprint density at radius 1 is 1.45 bits per heavy atom. The summed E-state index contributed by atoms with van der Waals surface area (Å²) >= 11 is 2.09. The van der Waals surface area contributed by atoms with Gasteiger partial charge in [0, 0.05) is 28.8 Å². The van der Waals surface area contributed by atoms with Crippen molar-refractivity contribution in [2.75, 3.05) is 11.4 Å². The van der Waals surface area contributed by atoms with Gasteiger partial charge in [-0.1, -0.05) is 6.92 Å². The molecule has 114 valence electrons. The van der Waals surface area contributed by atoms with Crippen molar-refractivity contribution in [1.82, 2.24) is 9.97 Å². The van der Waals surface area contributed by atoms with Crippen LogP contribution in [0.3, 0.4) is 0 Å². The third-order valence-corrected chi connectivity index (χ3v) is 4.46. The van der Waals surface area contributed by atoms with Gasteiger partial charge in [0.25, 0.3) is 5.69 Å². The number of rotatable bonds is 3. The summed E-state index contributed by atoms with van der Waals surface area (Å²) < 4.78 is 0.862. The van der Waals surface area contributed by atoms with Crippen LogP contribution in [0.15, 0.2) is 24.4 Å². The quantitative estimate of drug-likeness (QED) is 0.442. The predicted molar refractivity (Wildman–Crippen MR) is 92.0 cm³/mol. The number of fused-ring (bicyclic) bond motifs is 1. The maximum absolute atomic E-state index is 11.3. The maximum Gasteiger partial charge on any atom is 0.293 e. The van der Waals surface area contributed by atoms with Gasteiger partial charge >= 0.3 is 0 Å². The molecule has 0 spiro atoms. The Balaban J connectivity index is 1.96. The van der Waals surface area contributed by atoms with Gasteiger partial charge in [-0.25, -0.2) is 9.97 Å². The molecule has 22 heavy (non-hydrogen) atoms. The maximum atomic E-state index is 11.3. The fourth-order valence-corrected chi connectivity index (χ4v) is 3.11. The average Bonchev–Trinajstić information content (AvgIpc) is 2.53. The Bertz CT molecular complexity index is 735. The molecular formula is C15H15IN4O2. The van der Waals surface area contributed by atoms with Gasteiger partial charge in [-0.3, -0.25) is 10.1 Å². The van der Waals surface area contributed by atoms with Crippen molar-refractivity contribution in [3.63, 3.8) is 0 Å². The summed E-state index contributed by atoms with van der Waals surface area (Å²) in [6.07, 6.45) is 3.49. The number of benzene rings is 1. The minimum absolute atomic E-state index is 0.153. The number of nitro benzene ring substituents is 1. The van der Waals surface area contributed by atoms with E-state index in [9.17, 15) is 10.1 Å². The third-order valence-electron chi connectivity index (χ3n) is 3.79. The number of anilines is 1. The molecule has 3 rings (SSSR count). The standard InChI is InChI=1S/C15H15IN4O2/c1-2-15-17-8-10-5-6-19(9-12(10)18-15)13-4-3-11(16)7-14(13)20(21)22/h3-4,7-8H,2,5-6,9H2,1H3. The van der Waals surface area contributed by atoms with Crippen LogP contribution in [0.4, 0.5) is 11.4 Å². The van der Waals surface area contributed by atoms with Crippen molar-refractivity contribution in [1.29, 1.82) is 0 Å². The molecule has 1 aromatic carbocycles. The van der Waals surface area contributed by atoms with Crippen LogP contribution in [0.1, 0.15) is 24.0 Å². The molecule has 1 aliphatic heterocycles. The van der Waals surface area contributed by atoms with Crippen LogP contribution in [0.2, 0.25) is 0 Å². The average molecular weight is 410 g/mol. The summed E-state index contributed by atoms with van der Waals surface area (Å²) in [6.45, 7) is 3.35. The van der Waals surface area contributed by atoms with E-state index in [1.165, 1.54) is 0 Å². The molecule has 0 saturated heterocycles. The number of nitro groups is 1. The summed E-state index contributed by atoms with van der Waals surface area (Å²) in [7, 11) is 0. The highest BCUT2D eigenvalue weighted by molar-refractivity contribution is 14.1. The number of halogens is 1. The van der Waals surface area contributed by atoms with E-state index in [2.05, 4.69) is 32.6 Å². The normalized spacial score (nSPS) is 13.8. The van der Waals surface area contributed by atoms with E-state index >= 15 is 0 Å². The lowest BCUT2D eigenvalue weighted by Crippen LogP contribution is -2.32. The number of aromatic nitrogens is 2. The summed E-state index contributed by atoms with van der Waals surface area (Å²) in [5.41, 5.74) is 2.93. The van der Waals surface area contributed by atoms with Gasteiger partial charge in [-0.15, -0.1) is 0 Å². The molecule has 0 N–H and O–H groups in total. The first-order chi connectivity index (χ1) is 10.6. The second-order valence-corrected chi connectivity index (χ2v) is 6.42. The highest BCUT2D eigenvalue weighted by Crippen LogP contribution is 2.32. The van der Waals surface area contributed by atoms with Crippen molar-refractivity contribution < 1.29 is 4.92 Å². The van der Waals surface area contributed by atoms with E-state index in [0.717, 1.165) is 40.0 Å². The molecule has 0 fully saturated rings. The van der Waals surface area contributed by atoms with Crippen molar-refractivity contribution in [2.24, 2.45) is 0 Å². The molecular weight excluding hydrogens is 395 g/mol. The van der Waals surface area contributed by atoms with E-state index in [1.54, 1.807) is 6.07 Å². The molecule has 0 unspecified atom stereocenters. The lowest BCUT2D eigenvalue weighted by molar-refractivity contribution is -0.384. The van der Waals surface area contributed by atoms with Crippen molar-refractivity contribution in [2.45, 2.75) is 26.3 Å². The lowest BCUT2D eigenvalue weighted by atomic mass is 10.1. The summed E-state index contributed by atoms with van der Waals surface area (Å²) in [5.74, 6) is 0.817. The minimum Gasteiger partial charge on any atom is -0.360 e. The van der Waals surface area contributed by atoms with Crippen molar-refractivity contribution in [3.8, 4) is 0 Å². The summed E-state index contributed by atoms with van der Waals surface area (Å²) in [5, 5.41) is 11.3. The Labute approximate surface area is 141 Å². The topological polar surface area (TPSA) is 72.2 Å². The van der Waals surface area contributed by atoms with Crippen molar-refractivity contribution in [3.05, 3.63) is 55.2 Å². The SMILES string of the molecule is CCc1ncc2c(n1)CN(c1ccc(I)cc1[N+](=O)[O-])CC2. The Hall–Kier alpha value is -1.77. The van der Waals surface area contributed by atoms with Gasteiger partial charge in [0.15, 0.2) is 0 Å². The molecule has 0 atom stereocenters. The van der Waals surface area contributed by atoms with E-state index in [1.807, 2.05) is 30.2 Å². The second-order valence-electron chi connectivity index (χ2n) is 5.17. The Morgan fingerprint density at radius 2 is 2.27 bits per heavy atom. The van der Waals surface area contributed by atoms with Gasteiger partial charge < -0.3 is 4.90 Å².